The van der Waals surface area contributed by atoms with E-state index in [-0.39, 0.29) is 0 Å². The molecule has 5 nitrogen and oxygen atoms in total. The van der Waals surface area contributed by atoms with Crippen molar-refractivity contribution in [2.75, 3.05) is 5.32 Å². The summed E-state index contributed by atoms with van der Waals surface area (Å²) in [6, 6.07) is 53.9. The Morgan fingerprint density at radius 3 is 1.82 bits per heavy atom. The summed E-state index contributed by atoms with van der Waals surface area (Å²) in [6.45, 7) is 5.12. The number of imidazole rings is 1. The van der Waals surface area contributed by atoms with Gasteiger partial charge in [0.05, 0.1) is 12.2 Å². The molecule has 0 saturated heterocycles. The molecule has 0 spiro atoms. The highest BCUT2D eigenvalue weighted by atomic mass is 15.2. The molecule has 56 heavy (non-hydrogen) atoms. The molecule has 7 aromatic rings. The Kier molecular flexibility index (Phi) is 13.2. The molecule has 0 fully saturated rings. The van der Waals surface area contributed by atoms with Gasteiger partial charge in [0.1, 0.15) is 17.2 Å². The molecule has 0 saturated carbocycles. The molecular formula is C51H55N5. The van der Waals surface area contributed by atoms with Gasteiger partial charge in [-0.2, -0.15) is 0 Å². The van der Waals surface area contributed by atoms with E-state index >= 15 is 0 Å². The molecule has 0 aliphatic rings. The van der Waals surface area contributed by atoms with E-state index in [1.165, 1.54) is 54.4 Å². The van der Waals surface area contributed by atoms with Crippen molar-refractivity contribution in [1.82, 2.24) is 19.5 Å². The van der Waals surface area contributed by atoms with E-state index in [0.717, 1.165) is 60.0 Å². The molecule has 1 unspecified atom stereocenters. The maximum Gasteiger partial charge on any atom is 0.132 e. The standard InChI is InChI=1S/C51H55N5/c1-3-4-5-6-11-21-40(2)50-54-47(31-20-24-41-22-12-7-13-23-41)38-48(55-50)42-32-34-46(35-33-42)53-39-49-52-36-37-56(49)51(43-25-14-8-15-26-43,44-27-16-9-17-28-44)45-29-18-10-19-30-45/h7-10,12-19,22-23,25-30,32-38,40,53H,3-6,11,20-21,24,31,39H2,1-2H3. The third kappa shape index (κ3) is 9.17. The van der Waals surface area contributed by atoms with Gasteiger partial charge >= 0.3 is 0 Å². The molecule has 284 valence electrons. The van der Waals surface area contributed by atoms with Gasteiger partial charge in [-0.1, -0.05) is 179 Å². The molecule has 2 heterocycles. The molecular weight excluding hydrogens is 683 g/mol. The summed E-state index contributed by atoms with van der Waals surface area (Å²) in [7, 11) is 0. The number of nitrogens with zero attached hydrogens (tertiary/aromatic N) is 4. The van der Waals surface area contributed by atoms with Crippen molar-refractivity contribution in [3.63, 3.8) is 0 Å². The summed E-state index contributed by atoms with van der Waals surface area (Å²) in [5, 5.41) is 3.70. The second-order valence-corrected chi connectivity index (χ2v) is 15.0. The number of nitrogens with one attached hydrogen (secondary N) is 1. The van der Waals surface area contributed by atoms with E-state index in [4.69, 9.17) is 15.0 Å². The van der Waals surface area contributed by atoms with Crippen LogP contribution in [0.25, 0.3) is 11.3 Å². The van der Waals surface area contributed by atoms with Crippen molar-refractivity contribution in [2.24, 2.45) is 0 Å². The highest BCUT2D eigenvalue weighted by Gasteiger charge is 2.39. The van der Waals surface area contributed by atoms with E-state index in [1.807, 2.05) is 6.20 Å². The fourth-order valence-electron chi connectivity index (χ4n) is 7.98. The highest BCUT2D eigenvalue weighted by Crippen LogP contribution is 2.41. The summed E-state index contributed by atoms with van der Waals surface area (Å²) in [5.74, 6) is 2.24. The molecule has 7 rings (SSSR count). The molecule has 0 aliphatic carbocycles. The lowest BCUT2D eigenvalue weighted by molar-refractivity contribution is 0.495. The quantitative estimate of drug-likeness (QED) is 0.0663. The molecule has 5 heteroatoms. The number of hydrogen-bond donors (Lipinski definition) is 1. The summed E-state index contributed by atoms with van der Waals surface area (Å²) >= 11 is 0. The van der Waals surface area contributed by atoms with Gasteiger partial charge in [0.15, 0.2) is 0 Å². The highest BCUT2D eigenvalue weighted by molar-refractivity contribution is 5.63. The number of aryl methyl sites for hydroxylation is 2. The average molecular weight is 738 g/mol. The first-order valence-electron chi connectivity index (χ1n) is 20.6. The first-order chi connectivity index (χ1) is 27.6. The summed E-state index contributed by atoms with van der Waals surface area (Å²) in [4.78, 5) is 15.3. The Labute approximate surface area is 334 Å². The monoisotopic (exact) mass is 737 g/mol. The van der Waals surface area contributed by atoms with Crippen LogP contribution in [0.15, 0.2) is 164 Å². The van der Waals surface area contributed by atoms with Gasteiger partial charge in [0.2, 0.25) is 0 Å². The lowest BCUT2D eigenvalue weighted by atomic mass is 9.76. The summed E-state index contributed by atoms with van der Waals surface area (Å²) < 4.78 is 2.33. The fourth-order valence-corrected chi connectivity index (χ4v) is 7.98. The van der Waals surface area contributed by atoms with Gasteiger partial charge in [0, 0.05) is 35.3 Å². The number of aromatic nitrogens is 4. The zero-order chi connectivity index (χ0) is 38.4. The van der Waals surface area contributed by atoms with Crippen LogP contribution in [-0.2, 0) is 24.9 Å². The van der Waals surface area contributed by atoms with Crippen LogP contribution < -0.4 is 5.32 Å². The predicted octanol–water partition coefficient (Wildman–Crippen LogP) is 12.4. The van der Waals surface area contributed by atoms with Crippen molar-refractivity contribution in [3.8, 4) is 11.3 Å². The molecule has 0 amide bonds. The first-order valence-corrected chi connectivity index (χ1v) is 20.6. The van der Waals surface area contributed by atoms with Gasteiger partial charge in [-0.25, -0.2) is 15.0 Å². The number of benzene rings is 5. The van der Waals surface area contributed by atoms with Crippen molar-refractivity contribution < 1.29 is 0 Å². The van der Waals surface area contributed by atoms with Crippen LogP contribution in [0, 0.1) is 0 Å². The van der Waals surface area contributed by atoms with Crippen molar-refractivity contribution in [2.45, 2.75) is 89.6 Å². The van der Waals surface area contributed by atoms with Gasteiger partial charge in [-0.15, -0.1) is 0 Å². The maximum absolute atomic E-state index is 5.18. The van der Waals surface area contributed by atoms with Crippen LogP contribution in [0.2, 0.25) is 0 Å². The second-order valence-electron chi connectivity index (χ2n) is 15.0. The lowest BCUT2D eigenvalue weighted by Crippen LogP contribution is -2.38. The van der Waals surface area contributed by atoms with E-state index in [2.05, 4.69) is 182 Å². The van der Waals surface area contributed by atoms with Crippen LogP contribution in [-0.4, -0.2) is 19.5 Å². The van der Waals surface area contributed by atoms with E-state index in [9.17, 15) is 0 Å². The Morgan fingerprint density at radius 2 is 1.21 bits per heavy atom. The number of unbranched alkanes of at least 4 members (excludes halogenated alkanes) is 4. The van der Waals surface area contributed by atoms with Crippen LogP contribution in [0.3, 0.4) is 0 Å². The normalized spacial score (nSPS) is 12.0. The van der Waals surface area contributed by atoms with Gasteiger partial charge in [-0.3, -0.25) is 0 Å². The van der Waals surface area contributed by atoms with Crippen LogP contribution >= 0.6 is 0 Å². The molecule has 1 N–H and O–H groups in total. The fraction of sp³-hybridized carbons (Fsp3) is 0.275. The lowest BCUT2D eigenvalue weighted by Gasteiger charge is -2.38. The minimum absolute atomic E-state index is 0.323. The number of hydrogen-bond acceptors (Lipinski definition) is 4. The SMILES string of the molecule is CCCCCCCC(C)c1nc(CCCc2ccccc2)cc(-c2ccc(NCc3nccn3C(c3ccccc3)(c3ccccc3)c3ccccc3)cc2)n1. The van der Waals surface area contributed by atoms with Gasteiger partial charge in [-0.05, 0) is 66.1 Å². The van der Waals surface area contributed by atoms with Crippen molar-refractivity contribution in [1.29, 1.82) is 0 Å². The van der Waals surface area contributed by atoms with E-state index in [0.29, 0.717) is 12.5 Å². The minimum Gasteiger partial charge on any atom is -0.378 e. The van der Waals surface area contributed by atoms with E-state index < -0.39 is 5.54 Å². The smallest absolute Gasteiger partial charge is 0.132 e. The average Bonchev–Trinajstić information content (AvgIpc) is 3.73. The maximum atomic E-state index is 5.18. The zero-order valence-electron chi connectivity index (χ0n) is 33.0. The van der Waals surface area contributed by atoms with Gasteiger partial charge < -0.3 is 9.88 Å². The van der Waals surface area contributed by atoms with Gasteiger partial charge in [0.25, 0.3) is 0 Å². The summed E-state index contributed by atoms with van der Waals surface area (Å²) in [6.07, 6.45) is 14.6. The molecule has 1 atom stereocenters. The van der Waals surface area contributed by atoms with E-state index in [1.54, 1.807) is 0 Å². The largest absolute Gasteiger partial charge is 0.378 e. The van der Waals surface area contributed by atoms with Crippen molar-refractivity contribution >= 4 is 5.69 Å². The first kappa shape index (κ1) is 38.5. The van der Waals surface area contributed by atoms with Crippen molar-refractivity contribution in [3.05, 3.63) is 204 Å². The number of rotatable bonds is 19. The topological polar surface area (TPSA) is 55.6 Å². The Balaban J connectivity index is 1.13. The third-order valence-electron chi connectivity index (χ3n) is 11.0. The molecule has 2 aromatic heterocycles. The predicted molar refractivity (Wildman–Crippen MR) is 232 cm³/mol. The molecule has 5 aromatic carbocycles. The molecule has 0 aliphatic heterocycles. The zero-order valence-corrected chi connectivity index (χ0v) is 33.0. The summed E-state index contributed by atoms with van der Waals surface area (Å²) in [5.41, 5.74) is 8.56. The number of anilines is 1. The van der Waals surface area contributed by atoms with Crippen LogP contribution in [0.4, 0.5) is 5.69 Å². The Hall–Kier alpha value is -5.81. The van der Waals surface area contributed by atoms with Crippen LogP contribution in [0.1, 0.15) is 104 Å². The molecule has 0 radical (unpaired) electrons. The second kappa shape index (κ2) is 19.2. The third-order valence-corrected chi connectivity index (χ3v) is 11.0. The minimum atomic E-state index is -0.614. The van der Waals surface area contributed by atoms with Crippen LogP contribution in [0.5, 0.6) is 0 Å². The molecule has 0 bridgehead atoms. The Bertz CT molecular complexity index is 2100. The Morgan fingerprint density at radius 1 is 0.625 bits per heavy atom.